The summed E-state index contributed by atoms with van der Waals surface area (Å²) in [5.74, 6) is -0.294. The number of hydrogen-bond donors (Lipinski definition) is 1. The van der Waals surface area contributed by atoms with Crippen molar-refractivity contribution in [3.8, 4) is 0 Å². The van der Waals surface area contributed by atoms with E-state index in [9.17, 15) is 4.79 Å². The van der Waals surface area contributed by atoms with Gasteiger partial charge in [-0.05, 0) is 24.1 Å². The Morgan fingerprint density at radius 3 is 2.65 bits per heavy atom. The van der Waals surface area contributed by atoms with E-state index < -0.39 is 0 Å². The molecule has 0 aromatic heterocycles. The Hall–Kier alpha value is -2.13. The van der Waals surface area contributed by atoms with Crippen LogP contribution in [0.3, 0.4) is 0 Å². The van der Waals surface area contributed by atoms with Gasteiger partial charge in [0.05, 0.1) is 12.7 Å². The second-order valence-corrected chi connectivity index (χ2v) is 4.74. The Morgan fingerprint density at radius 1 is 1.10 bits per heavy atom. The lowest BCUT2D eigenvalue weighted by Crippen LogP contribution is -2.16. The number of carbonyl (C=O) groups is 1. The third-order valence-electron chi connectivity index (χ3n) is 3.15. The number of rotatable bonds is 5. The van der Waals surface area contributed by atoms with E-state index in [2.05, 4.69) is 36.5 Å². The summed E-state index contributed by atoms with van der Waals surface area (Å²) in [6.07, 6.45) is 0. The van der Waals surface area contributed by atoms with Gasteiger partial charge in [0, 0.05) is 13.1 Å². The molecule has 0 unspecified atom stereocenters. The standard InChI is InChI=1S/C17H19NO2/c1-13-6-5-7-14(10-13)11-18-12-15-8-3-4-9-16(15)17(19)20-2/h3-10,18H,11-12H2,1-2H3. The van der Waals surface area contributed by atoms with Crippen molar-refractivity contribution in [1.82, 2.24) is 5.32 Å². The van der Waals surface area contributed by atoms with Gasteiger partial charge in [-0.3, -0.25) is 0 Å². The van der Waals surface area contributed by atoms with Gasteiger partial charge in [0.25, 0.3) is 0 Å². The Labute approximate surface area is 119 Å². The van der Waals surface area contributed by atoms with E-state index in [1.807, 2.05) is 18.2 Å². The minimum Gasteiger partial charge on any atom is -0.465 e. The molecule has 0 spiro atoms. The Morgan fingerprint density at radius 2 is 1.90 bits per heavy atom. The number of ether oxygens (including phenoxy) is 1. The quantitative estimate of drug-likeness (QED) is 0.848. The minimum atomic E-state index is -0.294. The molecule has 0 radical (unpaired) electrons. The highest BCUT2D eigenvalue weighted by Gasteiger charge is 2.10. The van der Waals surface area contributed by atoms with Crippen molar-refractivity contribution in [2.75, 3.05) is 7.11 Å². The number of aryl methyl sites for hydroxylation is 1. The van der Waals surface area contributed by atoms with Crippen molar-refractivity contribution in [3.63, 3.8) is 0 Å². The lowest BCUT2D eigenvalue weighted by Gasteiger charge is -2.09. The summed E-state index contributed by atoms with van der Waals surface area (Å²) in [6, 6.07) is 15.9. The second-order valence-electron chi connectivity index (χ2n) is 4.74. The van der Waals surface area contributed by atoms with Crippen LogP contribution in [0.25, 0.3) is 0 Å². The van der Waals surface area contributed by atoms with Gasteiger partial charge in [-0.1, -0.05) is 48.0 Å². The molecule has 0 saturated carbocycles. The van der Waals surface area contributed by atoms with E-state index in [4.69, 9.17) is 4.74 Å². The maximum absolute atomic E-state index is 11.7. The van der Waals surface area contributed by atoms with Gasteiger partial charge < -0.3 is 10.1 Å². The van der Waals surface area contributed by atoms with Crippen LogP contribution in [-0.4, -0.2) is 13.1 Å². The first kappa shape index (κ1) is 14.3. The number of esters is 1. The van der Waals surface area contributed by atoms with Crippen LogP contribution in [0.5, 0.6) is 0 Å². The van der Waals surface area contributed by atoms with Crippen molar-refractivity contribution in [2.45, 2.75) is 20.0 Å². The summed E-state index contributed by atoms with van der Waals surface area (Å²) in [6.45, 7) is 3.49. The van der Waals surface area contributed by atoms with Crippen LogP contribution in [-0.2, 0) is 17.8 Å². The molecule has 0 fully saturated rings. The highest BCUT2D eigenvalue weighted by atomic mass is 16.5. The highest BCUT2D eigenvalue weighted by Crippen LogP contribution is 2.10. The molecule has 3 heteroatoms. The highest BCUT2D eigenvalue weighted by molar-refractivity contribution is 5.90. The molecule has 0 atom stereocenters. The van der Waals surface area contributed by atoms with E-state index in [1.54, 1.807) is 6.07 Å². The molecule has 2 aromatic carbocycles. The summed E-state index contributed by atoms with van der Waals surface area (Å²) >= 11 is 0. The minimum absolute atomic E-state index is 0.294. The van der Waals surface area contributed by atoms with E-state index in [0.29, 0.717) is 12.1 Å². The van der Waals surface area contributed by atoms with Crippen molar-refractivity contribution in [1.29, 1.82) is 0 Å². The summed E-state index contributed by atoms with van der Waals surface area (Å²) in [5.41, 5.74) is 4.05. The maximum Gasteiger partial charge on any atom is 0.338 e. The molecule has 0 aliphatic carbocycles. The van der Waals surface area contributed by atoms with E-state index in [-0.39, 0.29) is 5.97 Å². The molecule has 20 heavy (non-hydrogen) atoms. The molecule has 0 amide bonds. The lowest BCUT2D eigenvalue weighted by atomic mass is 10.1. The van der Waals surface area contributed by atoms with Gasteiger partial charge in [0.15, 0.2) is 0 Å². The first-order chi connectivity index (χ1) is 9.70. The fourth-order valence-corrected chi connectivity index (χ4v) is 2.15. The summed E-state index contributed by atoms with van der Waals surface area (Å²) in [5, 5.41) is 3.36. The zero-order valence-electron chi connectivity index (χ0n) is 11.8. The van der Waals surface area contributed by atoms with E-state index in [1.165, 1.54) is 18.2 Å². The predicted molar refractivity (Wildman–Crippen MR) is 79.5 cm³/mol. The molecule has 2 aromatic rings. The third-order valence-corrected chi connectivity index (χ3v) is 3.15. The zero-order valence-corrected chi connectivity index (χ0v) is 11.8. The van der Waals surface area contributed by atoms with Gasteiger partial charge in [-0.25, -0.2) is 4.79 Å². The van der Waals surface area contributed by atoms with Gasteiger partial charge in [-0.2, -0.15) is 0 Å². The number of carbonyl (C=O) groups excluding carboxylic acids is 1. The third kappa shape index (κ3) is 3.68. The average Bonchev–Trinajstić information content (AvgIpc) is 2.47. The van der Waals surface area contributed by atoms with Crippen molar-refractivity contribution < 1.29 is 9.53 Å². The molecule has 0 aliphatic rings. The largest absolute Gasteiger partial charge is 0.465 e. The fourth-order valence-electron chi connectivity index (χ4n) is 2.15. The Kier molecular flexibility index (Phi) is 4.91. The molecule has 0 bridgehead atoms. The number of methoxy groups -OCH3 is 1. The van der Waals surface area contributed by atoms with Crippen LogP contribution in [0.1, 0.15) is 27.0 Å². The van der Waals surface area contributed by atoms with Crippen LogP contribution in [0.2, 0.25) is 0 Å². The first-order valence-corrected chi connectivity index (χ1v) is 6.63. The molecule has 2 rings (SSSR count). The molecule has 104 valence electrons. The Balaban J connectivity index is 1.99. The normalized spacial score (nSPS) is 10.3. The average molecular weight is 269 g/mol. The fraction of sp³-hybridized carbons (Fsp3) is 0.235. The van der Waals surface area contributed by atoms with Crippen molar-refractivity contribution in [2.24, 2.45) is 0 Å². The first-order valence-electron chi connectivity index (χ1n) is 6.63. The van der Waals surface area contributed by atoms with Gasteiger partial charge in [0.1, 0.15) is 0 Å². The molecular formula is C17H19NO2. The van der Waals surface area contributed by atoms with Crippen LogP contribution < -0.4 is 5.32 Å². The summed E-state index contributed by atoms with van der Waals surface area (Å²) in [4.78, 5) is 11.7. The molecule has 0 heterocycles. The summed E-state index contributed by atoms with van der Waals surface area (Å²) < 4.78 is 4.79. The smallest absolute Gasteiger partial charge is 0.338 e. The van der Waals surface area contributed by atoms with Crippen molar-refractivity contribution in [3.05, 3.63) is 70.8 Å². The topological polar surface area (TPSA) is 38.3 Å². The number of benzene rings is 2. The van der Waals surface area contributed by atoms with Crippen molar-refractivity contribution >= 4 is 5.97 Å². The van der Waals surface area contributed by atoms with E-state index in [0.717, 1.165) is 12.1 Å². The van der Waals surface area contributed by atoms with Crippen LogP contribution >= 0.6 is 0 Å². The van der Waals surface area contributed by atoms with Crippen LogP contribution in [0.15, 0.2) is 48.5 Å². The summed E-state index contributed by atoms with van der Waals surface area (Å²) in [7, 11) is 1.40. The van der Waals surface area contributed by atoms with Crippen LogP contribution in [0.4, 0.5) is 0 Å². The van der Waals surface area contributed by atoms with Gasteiger partial charge >= 0.3 is 5.97 Å². The second kappa shape index (κ2) is 6.87. The molecule has 3 nitrogen and oxygen atoms in total. The van der Waals surface area contributed by atoms with Crippen LogP contribution in [0, 0.1) is 6.92 Å². The van der Waals surface area contributed by atoms with Gasteiger partial charge in [0.2, 0.25) is 0 Å². The van der Waals surface area contributed by atoms with E-state index >= 15 is 0 Å². The van der Waals surface area contributed by atoms with Gasteiger partial charge in [-0.15, -0.1) is 0 Å². The molecule has 0 saturated heterocycles. The molecule has 0 aliphatic heterocycles. The monoisotopic (exact) mass is 269 g/mol. The Bertz CT molecular complexity index is 593. The zero-order chi connectivity index (χ0) is 14.4. The molecular weight excluding hydrogens is 250 g/mol. The maximum atomic E-state index is 11.7. The SMILES string of the molecule is COC(=O)c1ccccc1CNCc1cccc(C)c1. The predicted octanol–water partition coefficient (Wildman–Crippen LogP) is 3.07. The lowest BCUT2D eigenvalue weighted by molar-refractivity contribution is 0.0599. The number of nitrogens with one attached hydrogen (secondary N) is 1. The molecule has 1 N–H and O–H groups in total. The number of hydrogen-bond acceptors (Lipinski definition) is 3.